The Morgan fingerprint density at radius 1 is 1.15 bits per heavy atom. The molecule has 26 heavy (non-hydrogen) atoms. The Kier molecular flexibility index (Phi) is 5.32. The van der Waals surface area contributed by atoms with Gasteiger partial charge in [-0.1, -0.05) is 11.6 Å². The summed E-state index contributed by atoms with van der Waals surface area (Å²) in [6.45, 7) is 2.14. The minimum absolute atomic E-state index is 0.0827. The van der Waals surface area contributed by atoms with Crippen LogP contribution in [0.2, 0.25) is 5.02 Å². The summed E-state index contributed by atoms with van der Waals surface area (Å²) >= 11 is 6.05. The predicted molar refractivity (Wildman–Crippen MR) is 97.5 cm³/mol. The van der Waals surface area contributed by atoms with E-state index in [4.69, 9.17) is 21.1 Å². The van der Waals surface area contributed by atoms with Gasteiger partial charge in [-0.05, 0) is 18.2 Å². The van der Waals surface area contributed by atoms with Crippen LogP contribution in [0.15, 0.2) is 29.2 Å². The summed E-state index contributed by atoms with van der Waals surface area (Å²) in [5.41, 5.74) is 0.689. The maximum absolute atomic E-state index is 12.7. The SMILES string of the molecule is COc1ccc(C(=O)N2CCN(c3cn[nH]c(=O)c3Cl)CC2)cc1OC. The van der Waals surface area contributed by atoms with Crippen LogP contribution in [0.1, 0.15) is 10.4 Å². The molecule has 0 spiro atoms. The number of amides is 1. The standard InChI is InChI=1S/C17H19ClN4O4/c1-25-13-4-3-11(9-14(13)26-2)17(24)22-7-5-21(6-8-22)12-10-19-20-16(23)15(12)18/h3-4,9-10H,5-8H2,1-2H3,(H,20,23). The van der Waals surface area contributed by atoms with Gasteiger partial charge in [0.15, 0.2) is 11.5 Å². The molecule has 2 heterocycles. The molecule has 1 aromatic carbocycles. The molecule has 0 bridgehead atoms. The maximum atomic E-state index is 12.7. The molecule has 1 aromatic heterocycles. The van der Waals surface area contributed by atoms with Crippen molar-refractivity contribution in [1.82, 2.24) is 15.1 Å². The van der Waals surface area contributed by atoms with Gasteiger partial charge in [-0.2, -0.15) is 5.10 Å². The Morgan fingerprint density at radius 2 is 1.85 bits per heavy atom. The van der Waals surface area contributed by atoms with E-state index in [1.807, 2.05) is 4.90 Å². The van der Waals surface area contributed by atoms with Crippen molar-refractivity contribution in [2.24, 2.45) is 0 Å². The van der Waals surface area contributed by atoms with Gasteiger partial charge >= 0.3 is 0 Å². The molecule has 3 rings (SSSR count). The topological polar surface area (TPSA) is 87.8 Å². The van der Waals surface area contributed by atoms with Gasteiger partial charge in [-0.15, -0.1) is 0 Å². The summed E-state index contributed by atoms with van der Waals surface area (Å²) in [7, 11) is 3.08. The van der Waals surface area contributed by atoms with Crippen molar-refractivity contribution in [1.29, 1.82) is 0 Å². The predicted octanol–water partition coefficient (Wildman–Crippen LogP) is 1.40. The van der Waals surface area contributed by atoms with Gasteiger partial charge in [0.2, 0.25) is 0 Å². The van der Waals surface area contributed by atoms with Crippen LogP contribution in [0.4, 0.5) is 5.69 Å². The second-order valence-corrected chi connectivity index (χ2v) is 6.13. The number of piperazine rings is 1. The molecule has 2 aromatic rings. The number of ether oxygens (including phenoxy) is 2. The number of nitrogens with one attached hydrogen (secondary N) is 1. The van der Waals surface area contributed by atoms with Crippen molar-refractivity contribution in [3.63, 3.8) is 0 Å². The van der Waals surface area contributed by atoms with Gasteiger partial charge < -0.3 is 19.3 Å². The van der Waals surface area contributed by atoms with Crippen LogP contribution in [-0.4, -0.2) is 61.4 Å². The molecule has 1 aliphatic rings. The van der Waals surface area contributed by atoms with Crippen molar-refractivity contribution in [2.75, 3.05) is 45.3 Å². The fourth-order valence-corrected chi connectivity index (χ4v) is 3.11. The van der Waals surface area contributed by atoms with E-state index in [1.165, 1.54) is 13.3 Å². The fourth-order valence-electron chi connectivity index (χ4n) is 2.90. The van der Waals surface area contributed by atoms with E-state index in [2.05, 4.69) is 10.2 Å². The Balaban J connectivity index is 1.71. The number of hydrogen-bond acceptors (Lipinski definition) is 6. The summed E-state index contributed by atoms with van der Waals surface area (Å²) in [4.78, 5) is 28.0. The Hall–Kier alpha value is -2.74. The molecule has 9 heteroatoms. The van der Waals surface area contributed by atoms with Gasteiger partial charge in [0.25, 0.3) is 11.5 Å². The van der Waals surface area contributed by atoms with Crippen LogP contribution in [0, 0.1) is 0 Å². The number of halogens is 1. The van der Waals surface area contributed by atoms with E-state index in [-0.39, 0.29) is 10.9 Å². The van der Waals surface area contributed by atoms with Gasteiger partial charge in [0.05, 0.1) is 26.1 Å². The van der Waals surface area contributed by atoms with E-state index in [0.29, 0.717) is 48.9 Å². The molecule has 0 aliphatic carbocycles. The van der Waals surface area contributed by atoms with Crippen LogP contribution in [0.5, 0.6) is 11.5 Å². The van der Waals surface area contributed by atoms with Crippen LogP contribution >= 0.6 is 11.6 Å². The van der Waals surface area contributed by atoms with Gasteiger partial charge in [-0.25, -0.2) is 5.10 Å². The number of methoxy groups -OCH3 is 2. The number of nitrogens with zero attached hydrogens (tertiary/aromatic N) is 3. The van der Waals surface area contributed by atoms with Gasteiger partial charge in [0.1, 0.15) is 5.02 Å². The van der Waals surface area contributed by atoms with Crippen molar-refractivity contribution >= 4 is 23.2 Å². The minimum Gasteiger partial charge on any atom is -0.493 e. The number of anilines is 1. The van der Waals surface area contributed by atoms with Crippen LogP contribution < -0.4 is 19.9 Å². The number of carbonyl (C=O) groups is 1. The monoisotopic (exact) mass is 378 g/mol. The second kappa shape index (κ2) is 7.65. The number of aromatic amines is 1. The van der Waals surface area contributed by atoms with Crippen molar-refractivity contribution in [3.05, 3.63) is 45.3 Å². The average molecular weight is 379 g/mol. The van der Waals surface area contributed by atoms with Crippen LogP contribution in [-0.2, 0) is 0 Å². The molecular weight excluding hydrogens is 360 g/mol. The lowest BCUT2D eigenvalue weighted by molar-refractivity contribution is 0.0746. The Labute approximate surface area is 155 Å². The third kappa shape index (κ3) is 3.45. The molecule has 0 unspecified atom stereocenters. The smallest absolute Gasteiger partial charge is 0.285 e. The first-order chi connectivity index (χ1) is 12.5. The molecular formula is C17H19ClN4O4. The number of H-pyrrole nitrogens is 1. The Bertz CT molecular complexity index is 862. The van der Waals surface area contributed by atoms with E-state index in [0.717, 1.165) is 0 Å². The number of hydrogen-bond donors (Lipinski definition) is 1. The van der Waals surface area contributed by atoms with E-state index < -0.39 is 5.56 Å². The molecule has 1 amide bonds. The molecule has 8 nitrogen and oxygen atoms in total. The first kappa shape index (κ1) is 18.1. The Morgan fingerprint density at radius 3 is 2.50 bits per heavy atom. The second-order valence-electron chi connectivity index (χ2n) is 5.75. The number of aromatic nitrogens is 2. The average Bonchev–Trinajstić information content (AvgIpc) is 2.69. The largest absolute Gasteiger partial charge is 0.493 e. The molecule has 0 atom stereocenters. The van der Waals surface area contributed by atoms with Crippen LogP contribution in [0.25, 0.3) is 0 Å². The third-order valence-corrected chi connectivity index (χ3v) is 4.68. The lowest BCUT2D eigenvalue weighted by atomic mass is 10.1. The highest BCUT2D eigenvalue weighted by molar-refractivity contribution is 6.33. The summed E-state index contributed by atoms with van der Waals surface area (Å²) in [6.07, 6.45) is 1.52. The van der Waals surface area contributed by atoms with Crippen LogP contribution in [0.3, 0.4) is 0 Å². The molecule has 1 fully saturated rings. The molecule has 138 valence electrons. The highest BCUT2D eigenvalue weighted by atomic mass is 35.5. The molecule has 0 radical (unpaired) electrons. The van der Waals surface area contributed by atoms with Gasteiger partial charge in [-0.3, -0.25) is 9.59 Å². The maximum Gasteiger partial charge on any atom is 0.285 e. The zero-order chi connectivity index (χ0) is 18.7. The highest BCUT2D eigenvalue weighted by Gasteiger charge is 2.24. The molecule has 1 aliphatic heterocycles. The van der Waals surface area contributed by atoms with Gasteiger partial charge in [0, 0.05) is 31.7 Å². The zero-order valence-corrected chi connectivity index (χ0v) is 15.2. The lowest BCUT2D eigenvalue weighted by Crippen LogP contribution is -2.49. The fraction of sp³-hybridized carbons (Fsp3) is 0.353. The summed E-state index contributed by atoms with van der Waals surface area (Å²) < 4.78 is 10.5. The first-order valence-electron chi connectivity index (χ1n) is 8.04. The number of carbonyl (C=O) groups excluding carboxylic acids is 1. The first-order valence-corrected chi connectivity index (χ1v) is 8.42. The molecule has 1 N–H and O–H groups in total. The van der Waals surface area contributed by atoms with E-state index in [9.17, 15) is 9.59 Å². The number of benzene rings is 1. The normalized spacial score (nSPS) is 14.3. The van der Waals surface area contributed by atoms with Crippen molar-refractivity contribution in [3.8, 4) is 11.5 Å². The molecule has 1 saturated heterocycles. The third-order valence-electron chi connectivity index (χ3n) is 4.32. The highest BCUT2D eigenvalue weighted by Crippen LogP contribution is 2.28. The quantitative estimate of drug-likeness (QED) is 0.865. The molecule has 0 saturated carbocycles. The minimum atomic E-state index is -0.423. The van der Waals surface area contributed by atoms with E-state index in [1.54, 1.807) is 30.2 Å². The summed E-state index contributed by atoms with van der Waals surface area (Å²) in [5.74, 6) is 1.00. The summed E-state index contributed by atoms with van der Waals surface area (Å²) in [5, 5.41) is 6.20. The van der Waals surface area contributed by atoms with Crippen molar-refractivity contribution < 1.29 is 14.3 Å². The summed E-state index contributed by atoms with van der Waals surface area (Å²) in [6, 6.07) is 5.10. The zero-order valence-electron chi connectivity index (χ0n) is 14.5. The number of rotatable bonds is 4. The van der Waals surface area contributed by atoms with E-state index >= 15 is 0 Å². The lowest BCUT2D eigenvalue weighted by Gasteiger charge is -2.36. The van der Waals surface area contributed by atoms with Crippen molar-refractivity contribution in [2.45, 2.75) is 0 Å².